The Hall–Kier alpha value is -1.48. The molecule has 0 spiro atoms. The van der Waals surface area contributed by atoms with Crippen LogP contribution in [-0.4, -0.2) is 14.2 Å². The van der Waals surface area contributed by atoms with Crippen molar-refractivity contribution >= 4 is 11.3 Å². The van der Waals surface area contributed by atoms with Gasteiger partial charge in [0.1, 0.15) is 11.5 Å². The highest BCUT2D eigenvalue weighted by atomic mass is 32.1. The lowest BCUT2D eigenvalue weighted by Crippen LogP contribution is -1.89. The Labute approximate surface area is 106 Å². The first-order chi connectivity index (χ1) is 8.15. The average molecular weight is 248 g/mol. The van der Waals surface area contributed by atoms with E-state index in [0.717, 1.165) is 17.1 Å². The van der Waals surface area contributed by atoms with E-state index in [2.05, 4.69) is 19.9 Å². The molecule has 0 bridgehead atoms. The molecule has 0 saturated carbocycles. The third kappa shape index (κ3) is 2.29. The van der Waals surface area contributed by atoms with Crippen LogP contribution in [0.4, 0.5) is 0 Å². The molecule has 0 atom stereocenters. The topological polar surface area (TPSA) is 18.5 Å². The quantitative estimate of drug-likeness (QED) is 0.816. The van der Waals surface area contributed by atoms with Crippen LogP contribution in [0.15, 0.2) is 24.3 Å². The first kappa shape index (κ1) is 12.0. The molecule has 0 fully saturated rings. The molecule has 2 aromatic rings. The van der Waals surface area contributed by atoms with Gasteiger partial charge in [0.05, 0.1) is 14.2 Å². The second kappa shape index (κ2) is 4.80. The smallest absolute Gasteiger partial charge is 0.131 e. The Morgan fingerprint density at radius 3 is 2.29 bits per heavy atom. The second-order valence-electron chi connectivity index (χ2n) is 3.92. The summed E-state index contributed by atoms with van der Waals surface area (Å²) in [6, 6.07) is 8.12. The Bertz CT molecular complexity index is 510. The third-order valence-electron chi connectivity index (χ3n) is 2.84. The van der Waals surface area contributed by atoms with Crippen molar-refractivity contribution in [3.63, 3.8) is 0 Å². The van der Waals surface area contributed by atoms with Crippen molar-refractivity contribution in [3.05, 3.63) is 34.7 Å². The first-order valence-corrected chi connectivity index (χ1v) is 6.26. The van der Waals surface area contributed by atoms with Gasteiger partial charge in [0.2, 0.25) is 0 Å². The van der Waals surface area contributed by atoms with Crippen molar-refractivity contribution in [1.29, 1.82) is 0 Å². The van der Waals surface area contributed by atoms with Crippen LogP contribution in [0.5, 0.6) is 11.5 Å². The van der Waals surface area contributed by atoms with E-state index in [-0.39, 0.29) is 0 Å². The molecule has 3 heteroatoms. The van der Waals surface area contributed by atoms with Crippen molar-refractivity contribution in [2.75, 3.05) is 14.2 Å². The maximum Gasteiger partial charge on any atom is 0.131 e. The van der Waals surface area contributed by atoms with Gasteiger partial charge >= 0.3 is 0 Å². The van der Waals surface area contributed by atoms with Gasteiger partial charge in [-0.1, -0.05) is 0 Å². The van der Waals surface area contributed by atoms with Gasteiger partial charge in [0.25, 0.3) is 0 Å². The highest BCUT2D eigenvalue weighted by Crippen LogP contribution is 2.38. The lowest BCUT2D eigenvalue weighted by Gasteiger charge is -2.08. The molecule has 0 radical (unpaired) electrons. The number of benzene rings is 1. The first-order valence-electron chi connectivity index (χ1n) is 5.45. The highest BCUT2D eigenvalue weighted by molar-refractivity contribution is 7.15. The summed E-state index contributed by atoms with van der Waals surface area (Å²) in [5.74, 6) is 1.67. The van der Waals surface area contributed by atoms with Gasteiger partial charge in [-0.3, -0.25) is 0 Å². The molecule has 0 aliphatic carbocycles. The monoisotopic (exact) mass is 248 g/mol. The molecular formula is C14H16O2S. The normalized spacial score (nSPS) is 10.4. The summed E-state index contributed by atoms with van der Waals surface area (Å²) in [6.07, 6.45) is 0. The van der Waals surface area contributed by atoms with Gasteiger partial charge in [-0.05, 0) is 37.6 Å². The zero-order chi connectivity index (χ0) is 12.4. The van der Waals surface area contributed by atoms with Crippen molar-refractivity contribution in [2.24, 2.45) is 0 Å². The molecule has 2 rings (SSSR count). The third-order valence-corrected chi connectivity index (χ3v) is 4.03. The maximum atomic E-state index is 5.42. The van der Waals surface area contributed by atoms with E-state index < -0.39 is 0 Å². The fourth-order valence-electron chi connectivity index (χ4n) is 1.71. The molecule has 0 aliphatic heterocycles. The van der Waals surface area contributed by atoms with Crippen LogP contribution in [0.1, 0.15) is 10.4 Å². The number of thiophene rings is 1. The van der Waals surface area contributed by atoms with Gasteiger partial charge in [0, 0.05) is 21.4 Å². The van der Waals surface area contributed by atoms with Crippen LogP contribution in [0, 0.1) is 13.8 Å². The predicted molar refractivity (Wildman–Crippen MR) is 72.3 cm³/mol. The van der Waals surface area contributed by atoms with E-state index in [0.29, 0.717) is 0 Å². The van der Waals surface area contributed by atoms with Gasteiger partial charge in [-0.15, -0.1) is 11.3 Å². The lowest BCUT2D eigenvalue weighted by molar-refractivity contribution is 0.395. The lowest BCUT2D eigenvalue weighted by atomic mass is 10.1. The molecular weight excluding hydrogens is 232 g/mol. The SMILES string of the molecule is COc1ccc(-c2cc(C)c(C)s2)c(OC)c1. The zero-order valence-electron chi connectivity index (χ0n) is 10.5. The molecule has 0 amide bonds. The van der Waals surface area contributed by atoms with Gasteiger partial charge < -0.3 is 9.47 Å². The summed E-state index contributed by atoms with van der Waals surface area (Å²) in [5, 5.41) is 0. The minimum atomic E-state index is 0.815. The Balaban J connectivity index is 2.51. The number of hydrogen-bond donors (Lipinski definition) is 0. The molecule has 0 aliphatic rings. The summed E-state index contributed by atoms with van der Waals surface area (Å²) in [6.45, 7) is 4.27. The second-order valence-corrected chi connectivity index (χ2v) is 5.17. The molecule has 1 heterocycles. The molecule has 17 heavy (non-hydrogen) atoms. The average Bonchev–Trinajstić information content (AvgIpc) is 2.68. The van der Waals surface area contributed by atoms with E-state index in [1.807, 2.05) is 18.2 Å². The Morgan fingerprint density at radius 1 is 1.00 bits per heavy atom. The summed E-state index contributed by atoms with van der Waals surface area (Å²) in [7, 11) is 3.35. The number of hydrogen-bond acceptors (Lipinski definition) is 3. The molecule has 0 unspecified atom stereocenters. The molecule has 90 valence electrons. The van der Waals surface area contributed by atoms with Crippen molar-refractivity contribution in [3.8, 4) is 21.9 Å². The fourth-order valence-corrected chi connectivity index (χ4v) is 2.77. The standard InChI is InChI=1S/C14H16O2S/c1-9-7-14(17-10(9)2)12-6-5-11(15-3)8-13(12)16-4/h5-8H,1-4H3. The number of rotatable bonds is 3. The number of aryl methyl sites for hydroxylation is 2. The minimum absolute atomic E-state index is 0.815. The van der Waals surface area contributed by atoms with Crippen molar-refractivity contribution in [2.45, 2.75) is 13.8 Å². The minimum Gasteiger partial charge on any atom is -0.497 e. The summed E-state index contributed by atoms with van der Waals surface area (Å²) in [5.41, 5.74) is 2.44. The van der Waals surface area contributed by atoms with Crippen LogP contribution in [0.3, 0.4) is 0 Å². The zero-order valence-corrected chi connectivity index (χ0v) is 11.4. The van der Waals surface area contributed by atoms with E-state index in [9.17, 15) is 0 Å². The number of methoxy groups -OCH3 is 2. The molecule has 2 nitrogen and oxygen atoms in total. The largest absolute Gasteiger partial charge is 0.497 e. The molecule has 0 N–H and O–H groups in total. The van der Waals surface area contributed by atoms with Crippen LogP contribution in [-0.2, 0) is 0 Å². The molecule has 1 aromatic heterocycles. The van der Waals surface area contributed by atoms with Gasteiger partial charge in [-0.2, -0.15) is 0 Å². The van der Waals surface area contributed by atoms with Gasteiger partial charge in [-0.25, -0.2) is 0 Å². The van der Waals surface area contributed by atoms with Gasteiger partial charge in [0.15, 0.2) is 0 Å². The summed E-state index contributed by atoms with van der Waals surface area (Å²) in [4.78, 5) is 2.58. The van der Waals surface area contributed by atoms with E-state index in [1.54, 1.807) is 25.6 Å². The molecule has 0 saturated heterocycles. The summed E-state index contributed by atoms with van der Waals surface area (Å²) >= 11 is 1.79. The maximum absolute atomic E-state index is 5.42. The van der Waals surface area contributed by atoms with Crippen LogP contribution < -0.4 is 9.47 Å². The molecule has 1 aromatic carbocycles. The Morgan fingerprint density at radius 2 is 1.76 bits per heavy atom. The van der Waals surface area contributed by atoms with Crippen molar-refractivity contribution in [1.82, 2.24) is 0 Å². The highest BCUT2D eigenvalue weighted by Gasteiger charge is 2.10. The van der Waals surface area contributed by atoms with E-state index in [1.165, 1.54) is 15.3 Å². The van der Waals surface area contributed by atoms with E-state index in [4.69, 9.17) is 9.47 Å². The van der Waals surface area contributed by atoms with Crippen LogP contribution in [0.25, 0.3) is 10.4 Å². The van der Waals surface area contributed by atoms with Crippen LogP contribution in [0.2, 0.25) is 0 Å². The summed E-state index contributed by atoms with van der Waals surface area (Å²) < 4.78 is 10.6. The van der Waals surface area contributed by atoms with E-state index >= 15 is 0 Å². The van der Waals surface area contributed by atoms with Crippen molar-refractivity contribution < 1.29 is 9.47 Å². The number of ether oxygens (including phenoxy) is 2. The fraction of sp³-hybridized carbons (Fsp3) is 0.286. The predicted octanol–water partition coefficient (Wildman–Crippen LogP) is 4.05. The van der Waals surface area contributed by atoms with Crippen LogP contribution >= 0.6 is 11.3 Å². The Kier molecular flexibility index (Phi) is 3.38.